The number of carbonyl (C=O) groups is 1. The van der Waals surface area contributed by atoms with E-state index < -0.39 is 0 Å². The Hall–Kier alpha value is -0.790. The fourth-order valence-corrected chi connectivity index (χ4v) is 5.56. The van der Waals surface area contributed by atoms with Gasteiger partial charge in [0.25, 0.3) is 0 Å². The summed E-state index contributed by atoms with van der Waals surface area (Å²) in [5.41, 5.74) is 0.347. The molecule has 1 unspecified atom stereocenters. The van der Waals surface area contributed by atoms with Gasteiger partial charge in [0.2, 0.25) is 0 Å². The van der Waals surface area contributed by atoms with Crippen LogP contribution < -0.4 is 0 Å². The van der Waals surface area contributed by atoms with Crippen molar-refractivity contribution in [3.05, 3.63) is 12.2 Å². The lowest BCUT2D eigenvalue weighted by molar-refractivity contribution is -0.224. The molecule has 20 heavy (non-hydrogen) atoms. The molecule has 0 radical (unpaired) electrons. The first-order chi connectivity index (χ1) is 9.47. The second-order valence-corrected chi connectivity index (χ2v) is 7.64. The first-order valence-corrected chi connectivity index (χ1v) is 8.36. The summed E-state index contributed by atoms with van der Waals surface area (Å²) in [6.07, 6.45) is 7.63. The van der Waals surface area contributed by atoms with E-state index in [1.807, 2.05) is 0 Å². The molecule has 0 aromatic carbocycles. The van der Waals surface area contributed by atoms with Gasteiger partial charge in [-0.05, 0) is 75.0 Å². The van der Waals surface area contributed by atoms with Crippen molar-refractivity contribution < 1.29 is 9.53 Å². The van der Waals surface area contributed by atoms with E-state index in [9.17, 15) is 4.79 Å². The maximum atomic E-state index is 12.2. The van der Waals surface area contributed by atoms with Crippen LogP contribution in [0.1, 0.15) is 59.3 Å². The molecule has 4 aliphatic rings. The fraction of sp³-hybridized carbons (Fsp3) is 0.833. The SMILES string of the molecule is C=C(C)C(=O)OC1(C(C)CC)C2CC3CC(C2)CC1C3. The van der Waals surface area contributed by atoms with Crippen LogP contribution in [0.3, 0.4) is 0 Å². The van der Waals surface area contributed by atoms with Gasteiger partial charge in [-0.15, -0.1) is 0 Å². The first-order valence-electron chi connectivity index (χ1n) is 8.36. The summed E-state index contributed by atoms with van der Waals surface area (Å²) in [6.45, 7) is 10.1. The maximum Gasteiger partial charge on any atom is 0.333 e. The third-order valence-corrected chi connectivity index (χ3v) is 6.41. The smallest absolute Gasteiger partial charge is 0.333 e. The van der Waals surface area contributed by atoms with Gasteiger partial charge >= 0.3 is 5.97 Å². The summed E-state index contributed by atoms with van der Waals surface area (Å²) in [6, 6.07) is 0. The molecule has 112 valence electrons. The van der Waals surface area contributed by atoms with Crippen molar-refractivity contribution in [3.8, 4) is 0 Å². The van der Waals surface area contributed by atoms with Gasteiger partial charge in [0, 0.05) is 5.57 Å². The molecule has 0 saturated heterocycles. The van der Waals surface area contributed by atoms with Gasteiger partial charge in [-0.25, -0.2) is 4.79 Å². The molecule has 4 saturated carbocycles. The Labute approximate surface area is 123 Å². The molecular weight excluding hydrogens is 248 g/mol. The fourth-order valence-electron chi connectivity index (χ4n) is 5.56. The topological polar surface area (TPSA) is 26.3 Å². The zero-order chi connectivity index (χ0) is 14.5. The molecule has 0 amide bonds. The molecule has 2 heteroatoms. The summed E-state index contributed by atoms with van der Waals surface area (Å²) < 4.78 is 6.19. The lowest BCUT2D eigenvalue weighted by Gasteiger charge is -2.62. The van der Waals surface area contributed by atoms with Crippen LogP contribution in [0.4, 0.5) is 0 Å². The molecule has 0 spiro atoms. The highest BCUT2D eigenvalue weighted by Gasteiger charge is 2.61. The lowest BCUT2D eigenvalue weighted by Crippen LogP contribution is -2.62. The molecule has 4 fully saturated rings. The van der Waals surface area contributed by atoms with E-state index in [1.54, 1.807) is 6.92 Å². The molecular formula is C18H28O2. The van der Waals surface area contributed by atoms with Gasteiger partial charge in [-0.3, -0.25) is 0 Å². The van der Waals surface area contributed by atoms with Crippen LogP contribution in [-0.2, 0) is 9.53 Å². The summed E-state index contributed by atoms with van der Waals surface area (Å²) in [5.74, 6) is 3.28. The minimum absolute atomic E-state index is 0.169. The van der Waals surface area contributed by atoms with E-state index >= 15 is 0 Å². The Morgan fingerprint density at radius 2 is 1.70 bits per heavy atom. The number of esters is 1. The zero-order valence-corrected chi connectivity index (χ0v) is 13.2. The van der Waals surface area contributed by atoms with Crippen molar-refractivity contribution in [2.75, 3.05) is 0 Å². The molecule has 0 aromatic heterocycles. The Morgan fingerprint density at radius 1 is 1.20 bits per heavy atom. The average molecular weight is 276 g/mol. The van der Waals surface area contributed by atoms with Crippen molar-refractivity contribution in [2.45, 2.75) is 64.9 Å². The van der Waals surface area contributed by atoms with E-state index in [1.165, 1.54) is 32.1 Å². The maximum absolute atomic E-state index is 12.2. The van der Waals surface area contributed by atoms with Crippen LogP contribution in [0.2, 0.25) is 0 Å². The molecule has 4 bridgehead atoms. The van der Waals surface area contributed by atoms with Crippen LogP contribution >= 0.6 is 0 Å². The lowest BCUT2D eigenvalue weighted by atomic mass is 9.47. The Morgan fingerprint density at radius 3 is 2.10 bits per heavy atom. The molecule has 0 aliphatic heterocycles. The second kappa shape index (κ2) is 4.89. The molecule has 4 aliphatic carbocycles. The van der Waals surface area contributed by atoms with Gasteiger partial charge in [0.15, 0.2) is 0 Å². The Kier molecular flexibility index (Phi) is 3.46. The molecule has 0 heterocycles. The van der Waals surface area contributed by atoms with Gasteiger partial charge in [0.05, 0.1) is 0 Å². The number of ether oxygens (including phenoxy) is 1. The molecule has 2 nitrogen and oxygen atoms in total. The molecule has 1 atom stereocenters. The predicted octanol–water partition coefficient (Wildman–Crippen LogP) is 4.35. The molecule has 4 rings (SSSR count). The number of hydrogen-bond acceptors (Lipinski definition) is 2. The van der Waals surface area contributed by atoms with Crippen LogP contribution in [0.25, 0.3) is 0 Å². The third kappa shape index (κ3) is 1.95. The monoisotopic (exact) mass is 276 g/mol. The van der Waals surface area contributed by atoms with E-state index in [-0.39, 0.29) is 11.6 Å². The molecule has 0 aromatic rings. The van der Waals surface area contributed by atoms with Crippen LogP contribution in [0, 0.1) is 29.6 Å². The number of hydrogen-bond donors (Lipinski definition) is 0. The van der Waals surface area contributed by atoms with Crippen molar-refractivity contribution in [1.82, 2.24) is 0 Å². The zero-order valence-electron chi connectivity index (χ0n) is 13.2. The Balaban J connectivity index is 1.94. The van der Waals surface area contributed by atoms with Crippen molar-refractivity contribution in [3.63, 3.8) is 0 Å². The molecule has 0 N–H and O–H groups in total. The van der Waals surface area contributed by atoms with Crippen molar-refractivity contribution >= 4 is 5.97 Å². The Bertz CT molecular complexity index is 395. The number of rotatable bonds is 4. The summed E-state index contributed by atoms with van der Waals surface area (Å²) in [5, 5.41) is 0. The van der Waals surface area contributed by atoms with E-state index in [0.29, 0.717) is 23.3 Å². The van der Waals surface area contributed by atoms with E-state index in [4.69, 9.17) is 4.74 Å². The minimum Gasteiger partial charge on any atom is -0.455 e. The van der Waals surface area contributed by atoms with Gasteiger partial charge in [-0.1, -0.05) is 20.4 Å². The van der Waals surface area contributed by atoms with Crippen LogP contribution in [0.5, 0.6) is 0 Å². The highest BCUT2D eigenvalue weighted by molar-refractivity contribution is 5.87. The highest BCUT2D eigenvalue weighted by Crippen LogP contribution is 2.62. The van der Waals surface area contributed by atoms with Gasteiger partial charge in [0.1, 0.15) is 5.60 Å². The van der Waals surface area contributed by atoms with Gasteiger partial charge < -0.3 is 4.74 Å². The van der Waals surface area contributed by atoms with E-state index in [2.05, 4.69) is 20.4 Å². The van der Waals surface area contributed by atoms with Gasteiger partial charge in [-0.2, -0.15) is 0 Å². The highest BCUT2D eigenvalue weighted by atomic mass is 16.6. The largest absolute Gasteiger partial charge is 0.455 e. The number of carbonyl (C=O) groups excluding carboxylic acids is 1. The normalized spacial score (nSPS) is 43.4. The first kappa shape index (κ1) is 14.2. The summed E-state index contributed by atoms with van der Waals surface area (Å²) >= 11 is 0. The van der Waals surface area contributed by atoms with Crippen molar-refractivity contribution in [1.29, 1.82) is 0 Å². The van der Waals surface area contributed by atoms with Crippen LogP contribution in [0.15, 0.2) is 12.2 Å². The second-order valence-electron chi connectivity index (χ2n) is 7.64. The summed E-state index contributed by atoms with van der Waals surface area (Å²) in [4.78, 5) is 12.2. The van der Waals surface area contributed by atoms with E-state index in [0.717, 1.165) is 18.3 Å². The summed E-state index contributed by atoms with van der Waals surface area (Å²) in [7, 11) is 0. The minimum atomic E-state index is -0.196. The van der Waals surface area contributed by atoms with Crippen molar-refractivity contribution in [2.24, 2.45) is 29.6 Å². The quantitative estimate of drug-likeness (QED) is 0.564. The standard InChI is InChI=1S/C18H28O2/c1-5-12(4)18(20-17(19)11(2)3)15-7-13-6-14(9-15)10-16(18)8-13/h12-16H,2,5-10H2,1,3-4H3. The van der Waals surface area contributed by atoms with Crippen LogP contribution in [-0.4, -0.2) is 11.6 Å². The third-order valence-electron chi connectivity index (χ3n) is 6.41. The predicted molar refractivity (Wildman–Crippen MR) is 80.1 cm³/mol. The average Bonchev–Trinajstić information content (AvgIpc) is 2.41.